The Bertz CT molecular complexity index is 1380. The van der Waals surface area contributed by atoms with Crippen molar-refractivity contribution in [3.8, 4) is 0 Å². The van der Waals surface area contributed by atoms with Gasteiger partial charge in [0, 0.05) is 28.7 Å². The second-order valence-corrected chi connectivity index (χ2v) is 12.7. The van der Waals surface area contributed by atoms with Crippen molar-refractivity contribution in [1.82, 2.24) is 14.5 Å². The lowest BCUT2D eigenvalue weighted by atomic mass is 9.92. The number of aliphatic carboxylic acids is 1. The number of imidazole rings is 1. The smallest absolute Gasteiger partial charge is 0.335 e. The number of esters is 1. The highest BCUT2D eigenvalue weighted by Gasteiger charge is 2.31. The lowest BCUT2D eigenvalue weighted by Gasteiger charge is -2.31. The van der Waals surface area contributed by atoms with Gasteiger partial charge >= 0.3 is 11.9 Å². The van der Waals surface area contributed by atoms with E-state index in [1.807, 2.05) is 83.4 Å². The molecule has 2 heterocycles. The van der Waals surface area contributed by atoms with Crippen LogP contribution in [0.4, 0.5) is 0 Å². The molecule has 2 aromatic heterocycles. The highest BCUT2D eigenvalue weighted by atomic mass is 32.1. The van der Waals surface area contributed by atoms with Gasteiger partial charge in [0.2, 0.25) is 0 Å². The normalized spacial score (nSPS) is 15.5. The third-order valence-electron chi connectivity index (χ3n) is 6.95. The number of benzene rings is 1. The van der Waals surface area contributed by atoms with Crippen LogP contribution in [0.25, 0.3) is 6.08 Å². The average molecular weight is 562 g/mol. The maximum Gasteiger partial charge on any atom is 0.335 e. The summed E-state index contributed by atoms with van der Waals surface area (Å²) in [5.74, 6) is -1.25. The van der Waals surface area contributed by atoms with Crippen LogP contribution in [-0.4, -0.2) is 56.7 Å². The van der Waals surface area contributed by atoms with Gasteiger partial charge in [0.1, 0.15) is 11.6 Å². The number of carboxylic acid groups (broad SMARTS) is 1. The van der Waals surface area contributed by atoms with Gasteiger partial charge in [-0.25, -0.2) is 9.78 Å². The van der Waals surface area contributed by atoms with Crippen molar-refractivity contribution < 1.29 is 19.4 Å². The molecule has 0 bridgehead atoms. The predicted molar refractivity (Wildman–Crippen MR) is 159 cm³/mol. The standard InChI is InChI=1S/C32H39N3O4S/c1-21(2)28(31(38)39-32(3,4)5)34(6)16-14-25(30(36)37)23-12-13-24-19-27(40-26(24)18-23)29(35-17-15-33-20-35)22-10-8-7-9-11-22/h7-11,14-15,17-21,28-29H,12-13,16H2,1-6H3,(H,36,37)/t28?,29-/m1/s1. The number of aromatic nitrogens is 2. The van der Waals surface area contributed by atoms with Crippen LogP contribution in [-0.2, 0) is 20.7 Å². The molecule has 0 spiro atoms. The number of carbonyl (C=O) groups excluding carboxylic acids is 1. The molecule has 40 heavy (non-hydrogen) atoms. The average Bonchev–Trinajstić information content (AvgIpc) is 3.53. The lowest BCUT2D eigenvalue weighted by molar-refractivity contribution is -0.162. The Kier molecular flexibility index (Phi) is 9.11. The van der Waals surface area contributed by atoms with E-state index >= 15 is 0 Å². The van der Waals surface area contributed by atoms with E-state index < -0.39 is 17.6 Å². The molecule has 0 radical (unpaired) electrons. The van der Waals surface area contributed by atoms with Crippen LogP contribution in [0, 0.1) is 5.92 Å². The van der Waals surface area contributed by atoms with Crippen LogP contribution < -0.4 is 0 Å². The zero-order valence-electron chi connectivity index (χ0n) is 24.1. The van der Waals surface area contributed by atoms with Crippen LogP contribution >= 0.6 is 11.3 Å². The first-order valence-electron chi connectivity index (χ1n) is 13.7. The van der Waals surface area contributed by atoms with Crippen molar-refractivity contribution >= 4 is 29.4 Å². The Balaban J connectivity index is 1.60. The summed E-state index contributed by atoms with van der Waals surface area (Å²) in [7, 11) is 1.84. The van der Waals surface area contributed by atoms with E-state index in [0.717, 1.165) is 16.9 Å². The van der Waals surface area contributed by atoms with Gasteiger partial charge in [-0.05, 0) is 75.4 Å². The number of aryl methyl sites for hydroxylation is 1. The van der Waals surface area contributed by atoms with Crippen molar-refractivity contribution in [2.75, 3.05) is 13.6 Å². The zero-order chi connectivity index (χ0) is 29.0. The second-order valence-electron chi connectivity index (χ2n) is 11.6. The maximum absolute atomic E-state index is 12.9. The summed E-state index contributed by atoms with van der Waals surface area (Å²) in [5, 5.41) is 10.1. The fourth-order valence-corrected chi connectivity index (χ4v) is 6.52. The van der Waals surface area contributed by atoms with Gasteiger partial charge in [-0.3, -0.25) is 9.69 Å². The molecule has 212 valence electrons. The van der Waals surface area contributed by atoms with Crippen LogP contribution in [0.5, 0.6) is 0 Å². The third-order valence-corrected chi connectivity index (χ3v) is 8.13. The molecule has 1 N–H and O–H groups in total. The Hall–Kier alpha value is -3.49. The third kappa shape index (κ3) is 6.98. The number of carbonyl (C=O) groups is 2. The molecule has 2 atom stereocenters. The number of rotatable bonds is 10. The topological polar surface area (TPSA) is 84.7 Å². The summed E-state index contributed by atoms with van der Waals surface area (Å²) < 4.78 is 7.74. The molecule has 1 aliphatic rings. The SMILES string of the molecule is CC(C)C(C(=O)OC(C)(C)C)N(C)CC=C(C(=O)O)C1=Cc2sc([C@@H](c3ccccc3)n3ccnc3)cc2CC1. The molecular weight excluding hydrogens is 522 g/mol. The maximum atomic E-state index is 12.9. The van der Waals surface area contributed by atoms with Gasteiger partial charge in [-0.2, -0.15) is 0 Å². The molecule has 7 nitrogen and oxygen atoms in total. The quantitative estimate of drug-likeness (QED) is 0.234. The minimum absolute atomic E-state index is 0.0000990. The number of thiophene rings is 1. The Labute approximate surface area is 240 Å². The van der Waals surface area contributed by atoms with E-state index in [-0.39, 0.29) is 23.5 Å². The summed E-state index contributed by atoms with van der Waals surface area (Å²) in [6, 6.07) is 12.1. The molecule has 0 amide bonds. The number of ether oxygens (including phenoxy) is 1. The van der Waals surface area contributed by atoms with Crippen LogP contribution in [0.15, 0.2) is 72.3 Å². The molecule has 1 aromatic carbocycles. The predicted octanol–water partition coefficient (Wildman–Crippen LogP) is 6.22. The molecule has 1 unspecified atom stereocenters. The van der Waals surface area contributed by atoms with Gasteiger partial charge in [0.05, 0.1) is 17.9 Å². The first-order valence-corrected chi connectivity index (χ1v) is 14.5. The fraction of sp³-hybridized carbons (Fsp3) is 0.406. The highest BCUT2D eigenvalue weighted by Crippen LogP contribution is 2.39. The van der Waals surface area contributed by atoms with E-state index in [1.165, 1.54) is 16.0 Å². The fourth-order valence-electron chi connectivity index (χ4n) is 5.20. The lowest BCUT2D eigenvalue weighted by Crippen LogP contribution is -2.45. The van der Waals surface area contributed by atoms with Gasteiger partial charge in [0.25, 0.3) is 0 Å². The number of hydrogen-bond donors (Lipinski definition) is 1. The zero-order valence-corrected chi connectivity index (χ0v) is 24.9. The second kappa shape index (κ2) is 12.4. The van der Waals surface area contributed by atoms with Crippen LogP contribution in [0.1, 0.15) is 68.0 Å². The summed E-state index contributed by atoms with van der Waals surface area (Å²) in [4.78, 5) is 33.7. The number of nitrogens with zero attached hydrogens (tertiary/aromatic N) is 3. The number of hydrogen-bond acceptors (Lipinski definition) is 6. The van der Waals surface area contributed by atoms with E-state index in [0.29, 0.717) is 13.0 Å². The van der Waals surface area contributed by atoms with Gasteiger partial charge in [0.15, 0.2) is 0 Å². The number of likely N-dealkylation sites (N-methyl/N-ethyl adjacent to an activating group) is 1. The summed E-state index contributed by atoms with van der Waals surface area (Å²) in [5.41, 5.74) is 2.90. The molecule has 0 aliphatic heterocycles. The molecular formula is C32H39N3O4S. The summed E-state index contributed by atoms with van der Waals surface area (Å²) >= 11 is 1.69. The van der Waals surface area contributed by atoms with E-state index in [2.05, 4.69) is 27.8 Å². The largest absolute Gasteiger partial charge is 0.478 e. The molecule has 0 saturated carbocycles. The first-order chi connectivity index (χ1) is 18.9. The van der Waals surface area contributed by atoms with Crippen LogP contribution in [0.2, 0.25) is 0 Å². The Morgan fingerprint density at radius 2 is 1.93 bits per heavy atom. The highest BCUT2D eigenvalue weighted by molar-refractivity contribution is 7.13. The Morgan fingerprint density at radius 3 is 2.52 bits per heavy atom. The van der Waals surface area contributed by atoms with Crippen molar-refractivity contribution in [3.63, 3.8) is 0 Å². The van der Waals surface area contributed by atoms with Crippen molar-refractivity contribution in [3.05, 3.63) is 93.2 Å². The molecule has 4 rings (SSSR count). The summed E-state index contributed by atoms with van der Waals surface area (Å²) in [6.45, 7) is 9.81. The first kappa shape index (κ1) is 29.5. The minimum Gasteiger partial charge on any atom is -0.478 e. The van der Waals surface area contributed by atoms with Crippen molar-refractivity contribution in [2.24, 2.45) is 5.92 Å². The minimum atomic E-state index is -0.959. The van der Waals surface area contributed by atoms with Gasteiger partial charge in [-0.1, -0.05) is 50.3 Å². The molecule has 3 aromatic rings. The molecule has 0 saturated heterocycles. The molecule has 1 aliphatic carbocycles. The van der Waals surface area contributed by atoms with E-state index in [1.54, 1.807) is 23.6 Å². The number of fused-ring (bicyclic) bond motifs is 1. The van der Waals surface area contributed by atoms with Gasteiger partial charge < -0.3 is 14.4 Å². The molecule has 0 fully saturated rings. The van der Waals surface area contributed by atoms with E-state index in [9.17, 15) is 14.7 Å². The number of carboxylic acids is 1. The monoisotopic (exact) mass is 561 g/mol. The van der Waals surface area contributed by atoms with Crippen LogP contribution in [0.3, 0.4) is 0 Å². The van der Waals surface area contributed by atoms with E-state index in [4.69, 9.17) is 4.74 Å². The van der Waals surface area contributed by atoms with Crippen molar-refractivity contribution in [1.29, 1.82) is 0 Å². The van der Waals surface area contributed by atoms with Crippen molar-refractivity contribution in [2.45, 2.75) is 65.1 Å². The Morgan fingerprint density at radius 1 is 1.20 bits per heavy atom. The summed E-state index contributed by atoms with van der Waals surface area (Å²) in [6.07, 6.45) is 10.8. The molecule has 8 heteroatoms. The van der Waals surface area contributed by atoms with Gasteiger partial charge in [-0.15, -0.1) is 11.3 Å².